The molecule has 112 valence electrons. The Labute approximate surface area is 120 Å². The molecule has 0 N–H and O–H groups in total. The molecule has 2 saturated heterocycles. The van der Waals surface area contributed by atoms with Gasteiger partial charge in [-0.1, -0.05) is 13.8 Å². The van der Waals surface area contributed by atoms with Crippen LogP contribution in [0.1, 0.15) is 59.8 Å². The third-order valence-electron chi connectivity index (χ3n) is 6.49. The van der Waals surface area contributed by atoms with Crippen LogP contribution in [0.2, 0.25) is 0 Å². The first kappa shape index (κ1) is 13.9. The number of esters is 1. The van der Waals surface area contributed by atoms with Gasteiger partial charge < -0.3 is 9.64 Å². The molecule has 20 heavy (non-hydrogen) atoms. The molecule has 3 aliphatic rings. The number of piperidine rings is 1. The summed E-state index contributed by atoms with van der Waals surface area (Å²) in [6.45, 7) is 8.91. The first-order valence-corrected chi connectivity index (χ1v) is 7.81. The Morgan fingerprint density at radius 2 is 1.95 bits per heavy atom. The van der Waals surface area contributed by atoms with Gasteiger partial charge in [0.15, 0.2) is 5.60 Å². The van der Waals surface area contributed by atoms with Gasteiger partial charge in [0, 0.05) is 18.0 Å². The molecule has 1 aliphatic carbocycles. The van der Waals surface area contributed by atoms with Crippen molar-refractivity contribution >= 4 is 11.9 Å². The molecule has 4 nitrogen and oxygen atoms in total. The lowest BCUT2D eigenvalue weighted by molar-refractivity contribution is -0.176. The zero-order valence-electron chi connectivity index (χ0n) is 13.0. The average Bonchev–Trinajstić information content (AvgIpc) is 2.69. The second kappa shape index (κ2) is 3.99. The molecule has 1 saturated carbocycles. The van der Waals surface area contributed by atoms with Crippen molar-refractivity contribution in [2.45, 2.75) is 71.4 Å². The highest BCUT2D eigenvalue weighted by Gasteiger charge is 2.76. The largest absolute Gasteiger partial charge is 0.448 e. The van der Waals surface area contributed by atoms with Crippen LogP contribution in [0, 0.1) is 10.8 Å². The van der Waals surface area contributed by atoms with E-state index in [2.05, 4.69) is 6.92 Å². The van der Waals surface area contributed by atoms with Crippen molar-refractivity contribution < 1.29 is 14.3 Å². The minimum Gasteiger partial charge on any atom is -0.448 e. The Balaban J connectivity index is 1.97. The normalized spacial score (nSPS) is 42.7. The summed E-state index contributed by atoms with van der Waals surface area (Å²) in [5.41, 5.74) is -1.86. The van der Waals surface area contributed by atoms with E-state index in [1.165, 1.54) is 6.42 Å². The lowest BCUT2D eigenvalue weighted by Crippen LogP contribution is -2.57. The second-order valence-electron chi connectivity index (χ2n) is 7.52. The predicted molar refractivity (Wildman–Crippen MR) is 75.0 cm³/mol. The first-order chi connectivity index (χ1) is 9.26. The van der Waals surface area contributed by atoms with Gasteiger partial charge in [-0.3, -0.25) is 9.59 Å². The highest BCUT2D eigenvalue weighted by Crippen LogP contribution is 2.66. The standard InChI is InChI=1S/C16H25NO3/c1-11-7-5-6-10-17(11)12(18)16-9-8-15(4,13(19)20-16)14(16,2)3/h11H,5-10H2,1-4H3/t11-,15+,16+/m0/s1. The molecule has 0 unspecified atom stereocenters. The van der Waals surface area contributed by atoms with Gasteiger partial charge >= 0.3 is 5.97 Å². The van der Waals surface area contributed by atoms with Gasteiger partial charge in [-0.05, 0) is 46.0 Å². The maximum atomic E-state index is 13.1. The van der Waals surface area contributed by atoms with E-state index in [1.54, 1.807) is 0 Å². The highest BCUT2D eigenvalue weighted by molar-refractivity contribution is 5.96. The third kappa shape index (κ3) is 1.38. The fourth-order valence-corrected chi connectivity index (χ4v) is 4.35. The number of ether oxygens (including phenoxy) is 1. The van der Waals surface area contributed by atoms with E-state index in [4.69, 9.17) is 4.74 Å². The fourth-order valence-electron chi connectivity index (χ4n) is 4.35. The van der Waals surface area contributed by atoms with Gasteiger partial charge in [-0.15, -0.1) is 0 Å². The number of fused-ring (bicyclic) bond motifs is 2. The molecule has 4 heteroatoms. The van der Waals surface area contributed by atoms with E-state index in [0.29, 0.717) is 6.42 Å². The molecule has 0 aromatic heterocycles. The molecular weight excluding hydrogens is 254 g/mol. The minimum atomic E-state index is -0.926. The van der Waals surface area contributed by atoms with Gasteiger partial charge in [0.25, 0.3) is 5.91 Å². The Hall–Kier alpha value is -1.06. The van der Waals surface area contributed by atoms with Gasteiger partial charge in [-0.25, -0.2) is 0 Å². The van der Waals surface area contributed by atoms with Crippen molar-refractivity contribution in [1.29, 1.82) is 0 Å². The van der Waals surface area contributed by atoms with Crippen molar-refractivity contribution in [3.63, 3.8) is 0 Å². The van der Waals surface area contributed by atoms with Gasteiger partial charge in [0.05, 0.1) is 5.41 Å². The monoisotopic (exact) mass is 279 g/mol. The van der Waals surface area contributed by atoms with Crippen LogP contribution < -0.4 is 0 Å². The molecule has 0 aromatic rings. The summed E-state index contributed by atoms with van der Waals surface area (Å²) in [5.74, 6) is -0.143. The van der Waals surface area contributed by atoms with Crippen LogP contribution >= 0.6 is 0 Å². The lowest BCUT2D eigenvalue weighted by atomic mass is 9.66. The second-order valence-corrected chi connectivity index (χ2v) is 7.52. The zero-order chi connectivity index (χ0) is 14.8. The summed E-state index contributed by atoms with van der Waals surface area (Å²) >= 11 is 0. The maximum Gasteiger partial charge on any atom is 0.313 e. The van der Waals surface area contributed by atoms with Gasteiger partial charge in [-0.2, -0.15) is 0 Å². The highest BCUT2D eigenvalue weighted by atomic mass is 16.6. The van der Waals surface area contributed by atoms with E-state index in [0.717, 1.165) is 25.8 Å². The zero-order valence-corrected chi connectivity index (χ0v) is 13.0. The van der Waals surface area contributed by atoms with Crippen LogP contribution in [0.5, 0.6) is 0 Å². The van der Waals surface area contributed by atoms with Gasteiger partial charge in [0.2, 0.25) is 0 Å². The number of nitrogens with zero attached hydrogens (tertiary/aromatic N) is 1. The summed E-state index contributed by atoms with van der Waals surface area (Å²) < 4.78 is 5.70. The van der Waals surface area contributed by atoms with Crippen molar-refractivity contribution in [3.8, 4) is 0 Å². The van der Waals surface area contributed by atoms with Crippen LogP contribution in [0.15, 0.2) is 0 Å². The van der Waals surface area contributed by atoms with E-state index < -0.39 is 16.4 Å². The van der Waals surface area contributed by atoms with Crippen molar-refractivity contribution in [1.82, 2.24) is 4.90 Å². The number of amides is 1. The van der Waals surface area contributed by atoms with E-state index in [9.17, 15) is 9.59 Å². The van der Waals surface area contributed by atoms with E-state index in [1.807, 2.05) is 25.7 Å². The van der Waals surface area contributed by atoms with Gasteiger partial charge in [0.1, 0.15) is 0 Å². The van der Waals surface area contributed by atoms with Crippen LogP contribution in [0.3, 0.4) is 0 Å². The fraction of sp³-hybridized carbons (Fsp3) is 0.875. The SMILES string of the molecule is C[C@H]1CCCCN1C(=O)[C@@]12CC[C@](C)(C(=O)O1)C2(C)C. The minimum absolute atomic E-state index is 0.0456. The van der Waals surface area contributed by atoms with E-state index >= 15 is 0 Å². The third-order valence-corrected chi connectivity index (χ3v) is 6.49. The number of carbonyl (C=O) groups excluding carboxylic acids is 2. The molecule has 1 amide bonds. The average molecular weight is 279 g/mol. The lowest BCUT2D eigenvalue weighted by Gasteiger charge is -2.42. The molecule has 0 aromatic carbocycles. The first-order valence-electron chi connectivity index (χ1n) is 7.81. The number of rotatable bonds is 1. The Morgan fingerprint density at radius 3 is 2.45 bits per heavy atom. The van der Waals surface area contributed by atoms with Crippen LogP contribution in [0.25, 0.3) is 0 Å². The number of likely N-dealkylation sites (tertiary alicyclic amines) is 1. The Morgan fingerprint density at radius 1 is 1.25 bits per heavy atom. The molecule has 2 bridgehead atoms. The smallest absolute Gasteiger partial charge is 0.313 e. The molecule has 2 heterocycles. The summed E-state index contributed by atoms with van der Waals surface area (Å²) in [4.78, 5) is 27.4. The summed E-state index contributed by atoms with van der Waals surface area (Å²) in [6, 6.07) is 0.257. The number of carbonyl (C=O) groups is 2. The van der Waals surface area contributed by atoms with E-state index in [-0.39, 0.29) is 17.9 Å². The van der Waals surface area contributed by atoms with Crippen LogP contribution in [0.4, 0.5) is 0 Å². The van der Waals surface area contributed by atoms with Crippen LogP contribution in [-0.4, -0.2) is 35.0 Å². The summed E-state index contributed by atoms with van der Waals surface area (Å²) in [7, 11) is 0. The maximum absolute atomic E-state index is 13.1. The molecule has 3 atom stereocenters. The Bertz CT molecular complexity index is 472. The molecule has 3 fully saturated rings. The summed E-state index contributed by atoms with van der Waals surface area (Å²) in [6.07, 6.45) is 4.71. The van der Waals surface area contributed by atoms with Crippen molar-refractivity contribution in [3.05, 3.63) is 0 Å². The number of hydrogen-bond acceptors (Lipinski definition) is 3. The van der Waals surface area contributed by atoms with Crippen molar-refractivity contribution in [2.75, 3.05) is 6.54 Å². The quantitative estimate of drug-likeness (QED) is 0.693. The molecular formula is C16H25NO3. The number of hydrogen-bond donors (Lipinski definition) is 0. The molecule has 0 radical (unpaired) electrons. The topological polar surface area (TPSA) is 46.6 Å². The van der Waals surface area contributed by atoms with Crippen LogP contribution in [-0.2, 0) is 14.3 Å². The molecule has 3 rings (SSSR count). The Kier molecular flexibility index (Phi) is 2.77. The van der Waals surface area contributed by atoms with Crippen molar-refractivity contribution in [2.24, 2.45) is 10.8 Å². The molecule has 0 spiro atoms. The summed E-state index contributed by atoms with van der Waals surface area (Å²) in [5, 5.41) is 0. The molecule has 2 aliphatic heterocycles. The predicted octanol–water partition coefficient (Wildman–Crippen LogP) is 2.51.